The van der Waals surface area contributed by atoms with Gasteiger partial charge in [-0.05, 0) is 18.6 Å². The van der Waals surface area contributed by atoms with E-state index in [4.69, 9.17) is 5.11 Å². The molecule has 0 aromatic heterocycles. The average molecular weight is 247 g/mol. The molecule has 0 rings (SSSR count). The number of carboxylic acid groups (broad SMARTS) is 1. The van der Waals surface area contributed by atoms with Gasteiger partial charge in [-0.3, -0.25) is 9.59 Å². The number of aliphatic carboxylic acids is 1. The number of hydrogen-bond donors (Lipinski definition) is 2. The molecule has 16 heavy (non-hydrogen) atoms. The molecule has 4 nitrogen and oxygen atoms in total. The van der Waals surface area contributed by atoms with Crippen molar-refractivity contribution in [2.24, 2.45) is 5.92 Å². The molecule has 5 heteroatoms. The molecular formula is C11H21NO3S. The highest BCUT2D eigenvalue weighted by Gasteiger charge is 2.23. The molecule has 0 bridgehead atoms. The standard InChI is InChI=1S/C11H21NO3S/c1-5-16-10(7(2)3)11(15)12-8(4)6-9(13)14/h7-8,10H,5-6H2,1-4H3,(H,12,15)(H,13,14). The maximum Gasteiger partial charge on any atom is 0.305 e. The van der Waals surface area contributed by atoms with Crippen molar-refractivity contribution < 1.29 is 14.7 Å². The van der Waals surface area contributed by atoms with Crippen LogP contribution in [-0.2, 0) is 9.59 Å². The predicted molar refractivity (Wildman–Crippen MR) is 66.6 cm³/mol. The molecule has 0 aliphatic carbocycles. The molecule has 0 aromatic rings. The van der Waals surface area contributed by atoms with Crippen LogP contribution in [0, 0.1) is 5.92 Å². The Labute approximate surface area is 101 Å². The van der Waals surface area contributed by atoms with Gasteiger partial charge in [-0.15, -0.1) is 11.8 Å². The summed E-state index contributed by atoms with van der Waals surface area (Å²) in [5, 5.41) is 11.2. The molecule has 0 heterocycles. The van der Waals surface area contributed by atoms with E-state index in [1.54, 1.807) is 18.7 Å². The first-order chi connectivity index (χ1) is 7.38. The van der Waals surface area contributed by atoms with Crippen LogP contribution < -0.4 is 5.32 Å². The van der Waals surface area contributed by atoms with Crippen molar-refractivity contribution >= 4 is 23.6 Å². The summed E-state index contributed by atoms with van der Waals surface area (Å²) in [4.78, 5) is 22.3. The molecule has 0 saturated heterocycles. The Morgan fingerprint density at radius 2 is 1.88 bits per heavy atom. The minimum atomic E-state index is -0.892. The normalized spacial score (nSPS) is 14.6. The zero-order chi connectivity index (χ0) is 12.7. The molecule has 2 unspecified atom stereocenters. The molecule has 0 spiro atoms. The van der Waals surface area contributed by atoms with E-state index in [0.717, 1.165) is 5.75 Å². The molecule has 2 atom stereocenters. The summed E-state index contributed by atoms with van der Waals surface area (Å²) in [6.45, 7) is 7.71. The van der Waals surface area contributed by atoms with E-state index in [0.29, 0.717) is 0 Å². The number of carbonyl (C=O) groups is 2. The van der Waals surface area contributed by atoms with Gasteiger partial charge in [0.1, 0.15) is 0 Å². The molecule has 2 N–H and O–H groups in total. The van der Waals surface area contributed by atoms with Crippen molar-refractivity contribution in [1.82, 2.24) is 5.32 Å². The summed E-state index contributed by atoms with van der Waals surface area (Å²) in [7, 11) is 0. The molecule has 0 aromatic carbocycles. The fraction of sp³-hybridized carbons (Fsp3) is 0.818. The van der Waals surface area contributed by atoms with Gasteiger partial charge >= 0.3 is 5.97 Å². The number of amides is 1. The van der Waals surface area contributed by atoms with Crippen LogP contribution in [0.5, 0.6) is 0 Å². The zero-order valence-corrected chi connectivity index (χ0v) is 11.1. The maximum absolute atomic E-state index is 11.8. The van der Waals surface area contributed by atoms with Crippen molar-refractivity contribution in [2.75, 3.05) is 5.75 Å². The lowest BCUT2D eigenvalue weighted by Crippen LogP contribution is -2.41. The molecular weight excluding hydrogens is 226 g/mol. The second-order valence-corrected chi connectivity index (χ2v) is 5.55. The van der Waals surface area contributed by atoms with Gasteiger partial charge in [0, 0.05) is 6.04 Å². The lowest BCUT2D eigenvalue weighted by molar-refractivity contribution is -0.137. The molecule has 0 aliphatic rings. The number of hydrogen-bond acceptors (Lipinski definition) is 3. The van der Waals surface area contributed by atoms with E-state index >= 15 is 0 Å². The van der Waals surface area contributed by atoms with Gasteiger partial charge in [0.15, 0.2) is 0 Å². The van der Waals surface area contributed by atoms with Crippen molar-refractivity contribution in [3.63, 3.8) is 0 Å². The molecule has 0 radical (unpaired) electrons. The van der Waals surface area contributed by atoms with Crippen molar-refractivity contribution in [3.8, 4) is 0 Å². The van der Waals surface area contributed by atoms with Crippen LogP contribution in [0.15, 0.2) is 0 Å². The first kappa shape index (κ1) is 15.3. The van der Waals surface area contributed by atoms with Crippen LogP contribution in [0.3, 0.4) is 0 Å². The van der Waals surface area contributed by atoms with Gasteiger partial charge in [-0.1, -0.05) is 20.8 Å². The second kappa shape index (κ2) is 7.54. The van der Waals surface area contributed by atoms with E-state index in [2.05, 4.69) is 5.32 Å². The molecule has 0 fully saturated rings. The molecule has 94 valence electrons. The Kier molecular flexibility index (Phi) is 7.21. The van der Waals surface area contributed by atoms with Crippen LogP contribution in [-0.4, -0.2) is 34.0 Å². The molecule has 1 amide bonds. The van der Waals surface area contributed by atoms with E-state index in [9.17, 15) is 9.59 Å². The van der Waals surface area contributed by atoms with Gasteiger partial charge in [0.25, 0.3) is 0 Å². The minimum absolute atomic E-state index is 0.0344. The zero-order valence-electron chi connectivity index (χ0n) is 10.3. The minimum Gasteiger partial charge on any atom is -0.481 e. The van der Waals surface area contributed by atoms with Gasteiger partial charge in [-0.25, -0.2) is 0 Å². The lowest BCUT2D eigenvalue weighted by atomic mass is 10.1. The number of thioether (sulfide) groups is 1. The highest BCUT2D eigenvalue weighted by atomic mass is 32.2. The Morgan fingerprint density at radius 3 is 2.25 bits per heavy atom. The second-order valence-electron chi connectivity index (χ2n) is 4.13. The smallest absolute Gasteiger partial charge is 0.305 e. The van der Waals surface area contributed by atoms with Crippen LogP contribution >= 0.6 is 11.8 Å². The third kappa shape index (κ3) is 6.00. The Bertz CT molecular complexity index is 243. The number of nitrogens with one attached hydrogen (secondary N) is 1. The Hall–Kier alpha value is -0.710. The van der Waals surface area contributed by atoms with Gasteiger partial charge in [0.2, 0.25) is 5.91 Å². The predicted octanol–water partition coefficient (Wildman–Crippen LogP) is 1.74. The summed E-state index contributed by atoms with van der Waals surface area (Å²) < 4.78 is 0. The summed E-state index contributed by atoms with van der Waals surface area (Å²) in [6, 6.07) is -0.316. The average Bonchev–Trinajstić information content (AvgIpc) is 2.11. The highest BCUT2D eigenvalue weighted by molar-refractivity contribution is 8.00. The maximum atomic E-state index is 11.8. The van der Waals surface area contributed by atoms with E-state index in [1.807, 2.05) is 20.8 Å². The number of carbonyl (C=O) groups excluding carboxylic acids is 1. The SMILES string of the molecule is CCSC(C(=O)NC(C)CC(=O)O)C(C)C. The first-order valence-electron chi connectivity index (χ1n) is 5.52. The fourth-order valence-corrected chi connectivity index (χ4v) is 2.35. The summed E-state index contributed by atoms with van der Waals surface area (Å²) in [5.74, 6) is 0.179. The van der Waals surface area contributed by atoms with Gasteiger partial charge in [-0.2, -0.15) is 0 Å². The fourth-order valence-electron chi connectivity index (χ4n) is 1.39. The van der Waals surface area contributed by atoms with Crippen molar-refractivity contribution in [2.45, 2.75) is 45.4 Å². The van der Waals surface area contributed by atoms with E-state index in [1.165, 1.54) is 0 Å². The highest BCUT2D eigenvalue weighted by Crippen LogP contribution is 2.19. The Morgan fingerprint density at radius 1 is 1.31 bits per heavy atom. The van der Waals surface area contributed by atoms with Crippen molar-refractivity contribution in [3.05, 3.63) is 0 Å². The monoisotopic (exact) mass is 247 g/mol. The largest absolute Gasteiger partial charge is 0.481 e. The van der Waals surface area contributed by atoms with Crippen LogP contribution in [0.25, 0.3) is 0 Å². The summed E-state index contributed by atoms with van der Waals surface area (Å²) >= 11 is 1.59. The summed E-state index contributed by atoms with van der Waals surface area (Å²) in [6.07, 6.45) is -0.0344. The van der Waals surface area contributed by atoms with Crippen molar-refractivity contribution in [1.29, 1.82) is 0 Å². The third-order valence-electron chi connectivity index (χ3n) is 2.08. The van der Waals surface area contributed by atoms with Gasteiger partial charge < -0.3 is 10.4 Å². The summed E-state index contributed by atoms with van der Waals surface area (Å²) in [5.41, 5.74) is 0. The molecule has 0 aliphatic heterocycles. The van der Waals surface area contributed by atoms with Crippen LogP contribution in [0.1, 0.15) is 34.1 Å². The number of rotatable bonds is 7. The van der Waals surface area contributed by atoms with E-state index < -0.39 is 5.97 Å². The quantitative estimate of drug-likeness (QED) is 0.719. The van der Waals surface area contributed by atoms with Crippen LogP contribution in [0.2, 0.25) is 0 Å². The first-order valence-corrected chi connectivity index (χ1v) is 6.57. The Balaban J connectivity index is 4.24. The lowest BCUT2D eigenvalue weighted by Gasteiger charge is -2.21. The molecule has 0 saturated carbocycles. The van der Waals surface area contributed by atoms with Gasteiger partial charge in [0.05, 0.1) is 11.7 Å². The topological polar surface area (TPSA) is 66.4 Å². The van der Waals surface area contributed by atoms with E-state index in [-0.39, 0.29) is 29.5 Å². The number of carboxylic acids is 1. The third-order valence-corrected chi connectivity index (χ3v) is 3.53. The van der Waals surface area contributed by atoms with Crippen LogP contribution in [0.4, 0.5) is 0 Å².